The van der Waals surface area contributed by atoms with Crippen LogP contribution >= 0.6 is 0 Å². The van der Waals surface area contributed by atoms with E-state index in [1.807, 2.05) is 0 Å². The van der Waals surface area contributed by atoms with Crippen LogP contribution in [-0.4, -0.2) is 0 Å². The first-order valence-electron chi connectivity index (χ1n) is 9.14. The fourth-order valence-corrected chi connectivity index (χ4v) is 2.93. The average Bonchev–Trinajstić information content (AvgIpc) is 2.43. The molecule has 1 radical (unpaired) electrons. The Kier molecular flexibility index (Phi) is 16.1. The van der Waals surface area contributed by atoms with Crippen LogP contribution in [-0.2, 0) is 0 Å². The van der Waals surface area contributed by atoms with Crippen molar-refractivity contribution in [3.05, 3.63) is 6.92 Å². The second kappa shape index (κ2) is 16.1. The Morgan fingerprint density at radius 3 is 1.63 bits per heavy atom. The number of rotatable bonds is 15. The molecule has 0 aromatic carbocycles. The first kappa shape index (κ1) is 19.0. The van der Waals surface area contributed by atoms with Crippen LogP contribution in [0.25, 0.3) is 0 Å². The van der Waals surface area contributed by atoms with Gasteiger partial charge in [0.2, 0.25) is 0 Å². The lowest BCUT2D eigenvalue weighted by atomic mass is 9.90. The average molecular weight is 268 g/mol. The highest BCUT2D eigenvalue weighted by Gasteiger charge is 2.07. The van der Waals surface area contributed by atoms with Crippen molar-refractivity contribution in [3.8, 4) is 0 Å². The van der Waals surface area contributed by atoms with Crippen molar-refractivity contribution in [2.24, 2.45) is 5.92 Å². The molecule has 0 heterocycles. The summed E-state index contributed by atoms with van der Waals surface area (Å²) < 4.78 is 0. The van der Waals surface area contributed by atoms with Gasteiger partial charge >= 0.3 is 0 Å². The lowest BCUT2D eigenvalue weighted by Gasteiger charge is -2.16. The van der Waals surface area contributed by atoms with Gasteiger partial charge in [0.25, 0.3) is 0 Å². The first-order valence-corrected chi connectivity index (χ1v) is 9.14. The second-order valence-corrected chi connectivity index (χ2v) is 6.27. The van der Waals surface area contributed by atoms with Crippen molar-refractivity contribution in [1.82, 2.24) is 0 Å². The molecule has 0 amide bonds. The summed E-state index contributed by atoms with van der Waals surface area (Å²) >= 11 is 0. The van der Waals surface area contributed by atoms with E-state index in [4.69, 9.17) is 0 Å². The summed E-state index contributed by atoms with van der Waals surface area (Å²) in [7, 11) is 0. The Morgan fingerprint density at radius 1 is 0.579 bits per heavy atom. The monoisotopic (exact) mass is 267 g/mol. The highest BCUT2D eigenvalue weighted by molar-refractivity contribution is 4.61. The Labute approximate surface area is 123 Å². The molecule has 0 aliphatic heterocycles. The summed E-state index contributed by atoms with van der Waals surface area (Å²) in [5, 5.41) is 0. The van der Waals surface area contributed by atoms with Crippen LogP contribution in [0.5, 0.6) is 0 Å². The molecule has 0 rings (SSSR count). The van der Waals surface area contributed by atoms with E-state index in [0.717, 1.165) is 12.3 Å². The van der Waals surface area contributed by atoms with Crippen LogP contribution in [0.2, 0.25) is 0 Å². The molecule has 0 bridgehead atoms. The Balaban J connectivity index is 3.49. The summed E-state index contributed by atoms with van der Waals surface area (Å²) in [6.07, 6.45) is 21.2. The number of unbranched alkanes of at least 4 members (excludes halogenated alkanes) is 9. The number of hydrogen-bond acceptors (Lipinski definition) is 0. The summed E-state index contributed by atoms with van der Waals surface area (Å²) in [6.45, 7) is 8.57. The zero-order valence-corrected chi connectivity index (χ0v) is 13.9. The molecule has 0 saturated carbocycles. The van der Waals surface area contributed by atoms with Gasteiger partial charge in [-0.1, -0.05) is 117 Å². The van der Waals surface area contributed by atoms with Crippen LogP contribution in [0, 0.1) is 12.8 Å². The van der Waals surface area contributed by atoms with E-state index in [2.05, 4.69) is 20.8 Å². The van der Waals surface area contributed by atoms with Gasteiger partial charge in [0, 0.05) is 0 Å². The molecule has 0 N–H and O–H groups in total. The first-order chi connectivity index (χ1) is 9.35. The van der Waals surface area contributed by atoms with Crippen LogP contribution in [0.4, 0.5) is 0 Å². The lowest BCUT2D eigenvalue weighted by Crippen LogP contribution is -2.01. The van der Waals surface area contributed by atoms with E-state index in [9.17, 15) is 0 Å². The van der Waals surface area contributed by atoms with Gasteiger partial charge in [0.15, 0.2) is 0 Å². The van der Waals surface area contributed by atoms with Crippen molar-refractivity contribution in [2.75, 3.05) is 0 Å². The predicted molar refractivity (Wildman–Crippen MR) is 89.5 cm³/mol. The molecule has 1 atom stereocenters. The van der Waals surface area contributed by atoms with Gasteiger partial charge in [-0.2, -0.15) is 0 Å². The quantitative estimate of drug-likeness (QED) is 0.272. The molecule has 0 heteroatoms. The zero-order chi connectivity index (χ0) is 14.2. The molecule has 1 unspecified atom stereocenters. The molecule has 0 aliphatic carbocycles. The minimum Gasteiger partial charge on any atom is -0.0654 e. The van der Waals surface area contributed by atoms with Crippen molar-refractivity contribution in [1.29, 1.82) is 0 Å². The molecule has 0 spiro atoms. The van der Waals surface area contributed by atoms with Crippen molar-refractivity contribution in [3.63, 3.8) is 0 Å². The molecule has 0 saturated heterocycles. The van der Waals surface area contributed by atoms with Gasteiger partial charge in [-0.05, 0) is 5.92 Å². The molecule has 0 aromatic heterocycles. The summed E-state index contributed by atoms with van der Waals surface area (Å²) in [6, 6.07) is 0. The minimum atomic E-state index is 1.02. The zero-order valence-electron chi connectivity index (χ0n) is 13.9. The van der Waals surface area contributed by atoms with Gasteiger partial charge in [-0.25, -0.2) is 0 Å². The standard InChI is InChI=1S/C19H39/c1-4-7-10-11-12-13-15-18-19(16-9-6-3)17-14-8-5-2/h19H,2,4-18H2,1,3H3. The summed E-state index contributed by atoms with van der Waals surface area (Å²) in [5.41, 5.74) is 0. The van der Waals surface area contributed by atoms with Gasteiger partial charge in [0.1, 0.15) is 0 Å². The van der Waals surface area contributed by atoms with Crippen molar-refractivity contribution >= 4 is 0 Å². The minimum absolute atomic E-state index is 1.02. The lowest BCUT2D eigenvalue weighted by molar-refractivity contribution is 0.374. The third-order valence-corrected chi connectivity index (χ3v) is 4.29. The number of hydrogen-bond donors (Lipinski definition) is 0. The van der Waals surface area contributed by atoms with Crippen LogP contribution < -0.4 is 0 Å². The topological polar surface area (TPSA) is 0 Å². The van der Waals surface area contributed by atoms with E-state index < -0.39 is 0 Å². The Hall–Kier alpha value is 0. The van der Waals surface area contributed by atoms with Crippen molar-refractivity contribution in [2.45, 2.75) is 110 Å². The maximum Gasteiger partial charge on any atom is -0.0414 e. The maximum atomic E-state index is 3.96. The van der Waals surface area contributed by atoms with Gasteiger partial charge in [0.05, 0.1) is 0 Å². The van der Waals surface area contributed by atoms with Gasteiger partial charge in [-0.15, -0.1) is 0 Å². The molecule has 115 valence electrons. The largest absolute Gasteiger partial charge is 0.0654 e. The third kappa shape index (κ3) is 14.2. The van der Waals surface area contributed by atoms with E-state index in [1.165, 1.54) is 89.9 Å². The molecule has 19 heavy (non-hydrogen) atoms. The van der Waals surface area contributed by atoms with Crippen LogP contribution in [0.3, 0.4) is 0 Å². The van der Waals surface area contributed by atoms with Crippen LogP contribution in [0.1, 0.15) is 110 Å². The molecule has 0 aliphatic rings. The predicted octanol–water partition coefficient (Wildman–Crippen LogP) is 7.33. The highest BCUT2D eigenvalue weighted by Crippen LogP contribution is 2.23. The molecule has 0 nitrogen and oxygen atoms in total. The highest BCUT2D eigenvalue weighted by atomic mass is 14.1. The Bertz CT molecular complexity index is 150. The van der Waals surface area contributed by atoms with Crippen molar-refractivity contribution < 1.29 is 0 Å². The molecule has 0 fully saturated rings. The SMILES string of the molecule is [CH2]CCCCC(CCCC)CCCCCCCCC. The molecular weight excluding hydrogens is 228 g/mol. The Morgan fingerprint density at radius 2 is 1.05 bits per heavy atom. The van der Waals surface area contributed by atoms with E-state index in [1.54, 1.807) is 0 Å². The van der Waals surface area contributed by atoms with E-state index >= 15 is 0 Å². The third-order valence-electron chi connectivity index (χ3n) is 4.29. The van der Waals surface area contributed by atoms with E-state index in [-0.39, 0.29) is 0 Å². The maximum absolute atomic E-state index is 3.96. The van der Waals surface area contributed by atoms with E-state index in [0.29, 0.717) is 0 Å². The fourth-order valence-electron chi connectivity index (χ4n) is 2.93. The van der Waals surface area contributed by atoms with Gasteiger partial charge < -0.3 is 0 Å². The molecule has 0 aromatic rings. The van der Waals surface area contributed by atoms with Gasteiger partial charge in [-0.3, -0.25) is 0 Å². The smallest absolute Gasteiger partial charge is 0.0414 e. The summed E-state index contributed by atoms with van der Waals surface area (Å²) in [5.74, 6) is 1.02. The van der Waals surface area contributed by atoms with Crippen LogP contribution in [0.15, 0.2) is 0 Å². The fraction of sp³-hybridized carbons (Fsp3) is 0.947. The molecular formula is C19H39. The second-order valence-electron chi connectivity index (χ2n) is 6.27. The summed E-state index contributed by atoms with van der Waals surface area (Å²) in [4.78, 5) is 0. The normalized spacial score (nSPS) is 12.8.